The van der Waals surface area contributed by atoms with Crippen molar-refractivity contribution in [2.75, 3.05) is 25.2 Å². The third-order valence-electron chi connectivity index (χ3n) is 6.02. The molecule has 2 aromatic heterocycles. The summed E-state index contributed by atoms with van der Waals surface area (Å²) in [7, 11) is 1.64. The van der Waals surface area contributed by atoms with Gasteiger partial charge < -0.3 is 19.6 Å². The van der Waals surface area contributed by atoms with Gasteiger partial charge in [0.15, 0.2) is 11.6 Å². The van der Waals surface area contributed by atoms with Gasteiger partial charge in [-0.3, -0.25) is 9.69 Å². The molecule has 10 nitrogen and oxygen atoms in total. The molecule has 0 spiro atoms. The standard InChI is InChI=1S/C23H23N5O5/c1-3-31-21(30)19-26-27-22(33-19)23(8-9-23)15-6-4-13(5-7-15)14-10-17-18(25-11-14)28(2)20(29)16(24)12-32-17/h4-7,10-11,16H,3,8-9,12,24H2,1-2H3/t16-/m0/s1. The highest BCUT2D eigenvalue weighted by atomic mass is 16.5. The Hall–Kier alpha value is -3.79. The molecule has 33 heavy (non-hydrogen) atoms. The van der Waals surface area contributed by atoms with Crippen LogP contribution in [0.1, 0.15) is 41.9 Å². The highest BCUT2D eigenvalue weighted by Crippen LogP contribution is 2.53. The van der Waals surface area contributed by atoms with Gasteiger partial charge in [0, 0.05) is 18.8 Å². The molecule has 1 atom stereocenters. The fraction of sp³-hybridized carbons (Fsp3) is 0.348. The van der Waals surface area contributed by atoms with E-state index in [0.717, 1.165) is 29.5 Å². The summed E-state index contributed by atoms with van der Waals surface area (Å²) in [5.41, 5.74) is 8.29. The van der Waals surface area contributed by atoms with Gasteiger partial charge in [0.1, 0.15) is 12.6 Å². The van der Waals surface area contributed by atoms with E-state index in [1.54, 1.807) is 20.2 Å². The van der Waals surface area contributed by atoms with Crippen molar-refractivity contribution in [1.82, 2.24) is 15.2 Å². The molecule has 2 aliphatic rings. The van der Waals surface area contributed by atoms with Crippen molar-refractivity contribution < 1.29 is 23.5 Å². The molecule has 5 rings (SSSR count). The second-order valence-electron chi connectivity index (χ2n) is 8.15. The summed E-state index contributed by atoms with van der Waals surface area (Å²) in [6, 6.07) is 9.12. The number of aromatic nitrogens is 3. The Morgan fingerprint density at radius 2 is 2.00 bits per heavy atom. The largest absolute Gasteiger partial charge is 0.487 e. The Morgan fingerprint density at radius 1 is 1.24 bits per heavy atom. The van der Waals surface area contributed by atoms with Gasteiger partial charge in [-0.1, -0.05) is 24.3 Å². The van der Waals surface area contributed by atoms with Crippen LogP contribution in [0.3, 0.4) is 0 Å². The van der Waals surface area contributed by atoms with E-state index in [4.69, 9.17) is 19.6 Å². The molecule has 1 amide bonds. The lowest BCUT2D eigenvalue weighted by Gasteiger charge is -2.17. The van der Waals surface area contributed by atoms with Crippen LogP contribution in [-0.2, 0) is 14.9 Å². The number of likely N-dealkylation sites (N-methyl/N-ethyl adjacent to an activating group) is 1. The van der Waals surface area contributed by atoms with Gasteiger partial charge in [0.2, 0.25) is 11.8 Å². The maximum absolute atomic E-state index is 12.2. The van der Waals surface area contributed by atoms with Crippen LogP contribution in [-0.4, -0.2) is 53.4 Å². The summed E-state index contributed by atoms with van der Waals surface area (Å²) in [6.07, 6.45) is 3.41. The monoisotopic (exact) mass is 449 g/mol. The van der Waals surface area contributed by atoms with Crippen molar-refractivity contribution in [2.24, 2.45) is 5.73 Å². The van der Waals surface area contributed by atoms with E-state index in [9.17, 15) is 9.59 Å². The molecule has 1 aromatic carbocycles. The first-order chi connectivity index (χ1) is 15.9. The molecule has 170 valence electrons. The number of nitrogens with two attached hydrogens (primary N) is 1. The summed E-state index contributed by atoms with van der Waals surface area (Å²) >= 11 is 0. The third-order valence-corrected chi connectivity index (χ3v) is 6.02. The number of pyridine rings is 1. The highest BCUT2D eigenvalue weighted by molar-refractivity contribution is 5.97. The normalized spacial score (nSPS) is 18.8. The molecular weight excluding hydrogens is 426 g/mol. The number of amides is 1. The fourth-order valence-electron chi connectivity index (χ4n) is 3.98. The average molecular weight is 449 g/mol. The maximum atomic E-state index is 12.2. The highest BCUT2D eigenvalue weighted by Gasteiger charge is 2.51. The van der Waals surface area contributed by atoms with Crippen molar-refractivity contribution >= 4 is 17.7 Å². The molecule has 0 unspecified atom stereocenters. The van der Waals surface area contributed by atoms with Crippen molar-refractivity contribution in [3.05, 3.63) is 53.9 Å². The number of esters is 1. The predicted octanol–water partition coefficient (Wildman–Crippen LogP) is 2.07. The van der Waals surface area contributed by atoms with Crippen molar-refractivity contribution in [3.63, 3.8) is 0 Å². The first-order valence-corrected chi connectivity index (χ1v) is 10.7. The van der Waals surface area contributed by atoms with Crippen molar-refractivity contribution in [2.45, 2.75) is 31.2 Å². The summed E-state index contributed by atoms with van der Waals surface area (Å²) < 4.78 is 16.3. The number of hydrogen-bond donors (Lipinski definition) is 1. The topological polar surface area (TPSA) is 134 Å². The SMILES string of the molecule is CCOC(=O)c1nnc(C2(c3ccc(-c4cnc5c(c4)OC[C@H](N)C(=O)N5C)cc3)CC2)o1. The van der Waals surface area contributed by atoms with Crippen molar-refractivity contribution in [1.29, 1.82) is 0 Å². The Morgan fingerprint density at radius 3 is 2.70 bits per heavy atom. The number of fused-ring (bicyclic) bond motifs is 1. The van der Waals surface area contributed by atoms with E-state index in [1.807, 2.05) is 30.3 Å². The first-order valence-electron chi connectivity index (χ1n) is 10.7. The summed E-state index contributed by atoms with van der Waals surface area (Å²) in [5.74, 6) is 0.390. The number of carbonyl (C=O) groups is 2. The fourth-order valence-corrected chi connectivity index (χ4v) is 3.98. The van der Waals surface area contributed by atoms with Crippen LogP contribution >= 0.6 is 0 Å². The van der Waals surface area contributed by atoms with Crippen LogP contribution < -0.4 is 15.4 Å². The maximum Gasteiger partial charge on any atom is 0.396 e. The zero-order valence-electron chi connectivity index (χ0n) is 18.3. The lowest BCUT2D eigenvalue weighted by Crippen LogP contribution is -2.43. The summed E-state index contributed by atoms with van der Waals surface area (Å²) in [5, 5.41) is 7.95. The van der Waals surface area contributed by atoms with Gasteiger partial charge in [0.05, 0.1) is 12.0 Å². The van der Waals surface area contributed by atoms with E-state index < -0.39 is 12.0 Å². The van der Waals surface area contributed by atoms with Gasteiger partial charge in [-0.25, -0.2) is 9.78 Å². The van der Waals surface area contributed by atoms with E-state index >= 15 is 0 Å². The van der Waals surface area contributed by atoms with E-state index in [1.165, 1.54) is 4.90 Å². The summed E-state index contributed by atoms with van der Waals surface area (Å²) in [4.78, 5) is 29.9. The Bertz CT molecular complexity index is 1220. The molecule has 10 heteroatoms. The zero-order valence-corrected chi connectivity index (χ0v) is 18.3. The van der Waals surface area contributed by atoms with Gasteiger partial charge >= 0.3 is 11.9 Å². The van der Waals surface area contributed by atoms with E-state index in [-0.39, 0.29) is 30.4 Å². The van der Waals surface area contributed by atoms with Crippen LogP contribution in [0.2, 0.25) is 0 Å². The average Bonchev–Trinajstić information content (AvgIpc) is 3.51. The molecule has 3 heterocycles. The van der Waals surface area contributed by atoms with Gasteiger partial charge in [0.25, 0.3) is 0 Å². The Kier molecular flexibility index (Phi) is 5.09. The van der Waals surface area contributed by atoms with Gasteiger partial charge in [-0.05, 0) is 37.0 Å². The predicted molar refractivity (Wildman–Crippen MR) is 117 cm³/mol. The second-order valence-corrected chi connectivity index (χ2v) is 8.15. The minimum atomic E-state index is -0.726. The molecule has 2 N–H and O–H groups in total. The zero-order chi connectivity index (χ0) is 23.2. The first kappa shape index (κ1) is 21.1. The second kappa shape index (κ2) is 7.96. The molecule has 1 aliphatic heterocycles. The molecule has 3 aromatic rings. The number of ether oxygens (including phenoxy) is 2. The minimum absolute atomic E-state index is 0.0980. The van der Waals surface area contributed by atoms with Crippen LogP contribution in [0, 0.1) is 0 Å². The Labute approximate surface area is 189 Å². The van der Waals surface area contributed by atoms with E-state index in [0.29, 0.717) is 17.5 Å². The number of anilines is 1. The van der Waals surface area contributed by atoms with Crippen LogP contribution in [0.25, 0.3) is 11.1 Å². The quantitative estimate of drug-likeness (QED) is 0.581. The molecular formula is C23H23N5O5. The molecule has 1 aliphatic carbocycles. The number of carbonyl (C=O) groups excluding carboxylic acids is 2. The van der Waals surface area contributed by atoms with Crippen LogP contribution in [0.4, 0.5) is 5.82 Å². The van der Waals surface area contributed by atoms with Crippen LogP contribution in [0.5, 0.6) is 5.75 Å². The van der Waals surface area contributed by atoms with Crippen molar-refractivity contribution in [3.8, 4) is 16.9 Å². The minimum Gasteiger partial charge on any atom is -0.487 e. The lowest BCUT2D eigenvalue weighted by molar-refractivity contribution is -0.119. The summed E-state index contributed by atoms with van der Waals surface area (Å²) in [6.45, 7) is 2.06. The number of hydrogen-bond acceptors (Lipinski definition) is 9. The van der Waals surface area contributed by atoms with E-state index in [2.05, 4.69) is 15.2 Å². The molecule has 1 fully saturated rings. The molecule has 0 bridgehead atoms. The third kappa shape index (κ3) is 3.62. The van der Waals surface area contributed by atoms with Crippen LogP contribution in [0.15, 0.2) is 40.9 Å². The lowest BCUT2D eigenvalue weighted by atomic mass is 9.94. The molecule has 1 saturated carbocycles. The van der Waals surface area contributed by atoms with Gasteiger partial charge in [-0.2, -0.15) is 0 Å². The molecule has 0 radical (unpaired) electrons. The van der Waals surface area contributed by atoms with Gasteiger partial charge in [-0.15, -0.1) is 10.2 Å². The number of rotatable bonds is 5. The number of benzene rings is 1. The molecule has 0 saturated heterocycles. The Balaban J connectivity index is 1.40. The smallest absolute Gasteiger partial charge is 0.396 e. The number of nitrogens with zero attached hydrogens (tertiary/aromatic N) is 4.